The Labute approximate surface area is 569 Å². The average Bonchev–Trinajstić information content (AvgIpc) is 0.787. The van der Waals surface area contributed by atoms with Gasteiger partial charge in [0, 0.05) is 6.42 Å². The number of carbonyl (C=O) groups excluding carboxylic acids is 1. The Hall–Kier alpha value is -1.47. The van der Waals surface area contributed by atoms with E-state index in [4.69, 9.17) is 28.4 Å². The standard InChI is InChI=1S/C75H143NO18/c1-3-5-7-9-11-13-15-17-19-21-22-23-24-25-26-27-28-29-30-31-32-33-34-35-36-37-38-40-42-44-46-48-50-52-59(80)58(76-63(81)53-51-49-47-45-43-41-39-20-18-16-14-12-10-8-6-4-2)57-89-73-69(87)66(84)71(61(55-78)91-73)94-75-70(88)67(85)72(62(56-79)92-75)93-74-68(86)65(83)64(82)60(54-77)90-74/h50,52,58-62,64-75,77-80,82-88H,3-49,51,53-57H2,1-2H3,(H,76,81)/b52-50+. The molecule has 94 heavy (non-hydrogen) atoms. The molecule has 0 aromatic carbocycles. The summed E-state index contributed by atoms with van der Waals surface area (Å²) in [6, 6.07) is -0.969. The molecule has 19 heteroatoms. The Morgan fingerprint density at radius 2 is 0.660 bits per heavy atom. The third-order valence-corrected chi connectivity index (χ3v) is 19.8. The van der Waals surface area contributed by atoms with Crippen molar-refractivity contribution in [2.45, 2.75) is 433 Å². The van der Waals surface area contributed by atoms with Gasteiger partial charge in [-0.2, -0.15) is 0 Å². The molecule has 19 nitrogen and oxygen atoms in total. The predicted molar refractivity (Wildman–Crippen MR) is 370 cm³/mol. The normalized spacial score (nSPS) is 27.4. The molecule has 3 fully saturated rings. The SMILES string of the molecule is CCCCCCCCCCCCCCCCCCCCCCCCCCCCCCCCC/C=C/C(O)C(COC1OC(CO)C(OC2OC(CO)C(OC3OC(CO)C(O)C(O)C3O)C(O)C2O)C(O)C1O)NC(=O)CCCCCCCCCCCCCCCCCC. The lowest BCUT2D eigenvalue weighted by molar-refractivity contribution is -0.379. The average molecular weight is 1350 g/mol. The first-order valence-electron chi connectivity index (χ1n) is 38.9. The number of aliphatic hydroxyl groups is 11. The molecular formula is C75H143NO18. The fourth-order valence-electron chi connectivity index (χ4n) is 13.5. The molecule has 1 amide bonds. The summed E-state index contributed by atoms with van der Waals surface area (Å²) in [5.41, 5.74) is 0. The highest BCUT2D eigenvalue weighted by Gasteiger charge is 2.53. The van der Waals surface area contributed by atoms with Crippen LogP contribution in [-0.4, -0.2) is 193 Å². The molecular weight excluding hydrogens is 1200 g/mol. The summed E-state index contributed by atoms with van der Waals surface area (Å²) >= 11 is 0. The number of hydrogen-bond acceptors (Lipinski definition) is 18. The van der Waals surface area contributed by atoms with Crippen LogP contribution in [0.4, 0.5) is 0 Å². The van der Waals surface area contributed by atoms with Crippen molar-refractivity contribution in [3.8, 4) is 0 Å². The number of rotatable bonds is 62. The third-order valence-electron chi connectivity index (χ3n) is 19.8. The Morgan fingerprint density at radius 1 is 0.372 bits per heavy atom. The molecule has 12 N–H and O–H groups in total. The molecule has 3 aliphatic heterocycles. The maximum atomic E-state index is 13.4. The van der Waals surface area contributed by atoms with Gasteiger partial charge in [-0.15, -0.1) is 0 Å². The molecule has 0 spiro atoms. The summed E-state index contributed by atoms with van der Waals surface area (Å²) in [6.07, 6.45) is 39.3. The molecule has 3 heterocycles. The zero-order valence-electron chi connectivity index (χ0n) is 59.2. The fourth-order valence-corrected chi connectivity index (χ4v) is 13.5. The van der Waals surface area contributed by atoms with Gasteiger partial charge >= 0.3 is 0 Å². The molecule has 17 unspecified atom stereocenters. The molecule has 0 saturated carbocycles. The van der Waals surface area contributed by atoms with Crippen LogP contribution in [0.1, 0.15) is 328 Å². The van der Waals surface area contributed by atoms with Crippen LogP contribution in [-0.2, 0) is 33.2 Å². The number of aliphatic hydroxyl groups excluding tert-OH is 11. The first kappa shape index (κ1) is 86.8. The zero-order chi connectivity index (χ0) is 68.2. The third kappa shape index (κ3) is 37.8. The van der Waals surface area contributed by atoms with E-state index >= 15 is 0 Å². The van der Waals surface area contributed by atoms with Gasteiger partial charge in [0.2, 0.25) is 5.91 Å². The minimum Gasteiger partial charge on any atom is -0.394 e. The van der Waals surface area contributed by atoms with Gasteiger partial charge < -0.3 is 89.9 Å². The van der Waals surface area contributed by atoms with Crippen molar-refractivity contribution >= 4 is 5.91 Å². The topological polar surface area (TPSA) is 307 Å². The summed E-state index contributed by atoms with van der Waals surface area (Å²) < 4.78 is 34.4. The molecule has 3 saturated heterocycles. The van der Waals surface area contributed by atoms with E-state index in [0.717, 1.165) is 44.9 Å². The van der Waals surface area contributed by atoms with E-state index < -0.39 is 124 Å². The van der Waals surface area contributed by atoms with Crippen molar-refractivity contribution in [2.75, 3.05) is 26.4 Å². The van der Waals surface area contributed by atoms with Crippen molar-refractivity contribution in [1.82, 2.24) is 5.32 Å². The number of amides is 1. The van der Waals surface area contributed by atoms with Crippen molar-refractivity contribution in [3.05, 3.63) is 12.2 Å². The van der Waals surface area contributed by atoms with Gasteiger partial charge in [-0.3, -0.25) is 4.79 Å². The van der Waals surface area contributed by atoms with Crippen molar-refractivity contribution in [3.63, 3.8) is 0 Å². The molecule has 0 aromatic heterocycles. The Kier molecular flexibility index (Phi) is 52.8. The molecule has 556 valence electrons. The van der Waals surface area contributed by atoms with Crippen LogP contribution < -0.4 is 5.32 Å². The molecule has 0 radical (unpaired) electrons. The van der Waals surface area contributed by atoms with Gasteiger partial charge in [0.15, 0.2) is 18.9 Å². The van der Waals surface area contributed by atoms with Crippen LogP contribution in [0.2, 0.25) is 0 Å². The van der Waals surface area contributed by atoms with Crippen molar-refractivity contribution in [1.29, 1.82) is 0 Å². The Balaban J connectivity index is 1.36. The smallest absolute Gasteiger partial charge is 0.220 e. The lowest BCUT2D eigenvalue weighted by Crippen LogP contribution is -2.66. The highest BCUT2D eigenvalue weighted by atomic mass is 16.8. The van der Waals surface area contributed by atoms with Crippen molar-refractivity contribution < 1.29 is 89.4 Å². The maximum Gasteiger partial charge on any atom is 0.220 e. The summed E-state index contributed by atoms with van der Waals surface area (Å²) in [7, 11) is 0. The predicted octanol–water partition coefficient (Wildman–Crippen LogP) is 12.0. The highest BCUT2D eigenvalue weighted by molar-refractivity contribution is 5.76. The van der Waals surface area contributed by atoms with Gasteiger partial charge in [0.1, 0.15) is 73.2 Å². The lowest BCUT2D eigenvalue weighted by atomic mass is 9.96. The van der Waals surface area contributed by atoms with Crippen LogP contribution in [0.5, 0.6) is 0 Å². The van der Waals surface area contributed by atoms with E-state index in [9.17, 15) is 61.0 Å². The Morgan fingerprint density at radius 3 is 1.00 bits per heavy atom. The number of carbonyl (C=O) groups is 1. The number of allylic oxidation sites excluding steroid dienone is 1. The Bertz CT molecular complexity index is 1750. The van der Waals surface area contributed by atoms with Crippen molar-refractivity contribution in [2.24, 2.45) is 0 Å². The summed E-state index contributed by atoms with van der Waals surface area (Å²) in [6.45, 7) is 1.78. The van der Waals surface area contributed by atoms with E-state index in [1.54, 1.807) is 6.08 Å². The van der Waals surface area contributed by atoms with Gasteiger partial charge in [-0.25, -0.2) is 0 Å². The van der Waals surface area contributed by atoms with E-state index in [1.165, 1.54) is 257 Å². The second kappa shape index (κ2) is 57.2. The number of unbranched alkanes of at least 4 members (excludes halogenated alkanes) is 46. The summed E-state index contributed by atoms with van der Waals surface area (Å²) in [5.74, 6) is -0.269. The van der Waals surface area contributed by atoms with Crippen LogP contribution in [0, 0.1) is 0 Å². The molecule has 0 bridgehead atoms. The summed E-state index contributed by atoms with van der Waals surface area (Å²) in [5, 5.41) is 121. The van der Waals surface area contributed by atoms with Crippen LogP contribution in [0.15, 0.2) is 12.2 Å². The molecule has 17 atom stereocenters. The number of nitrogens with one attached hydrogen (secondary N) is 1. The quantitative estimate of drug-likeness (QED) is 0.0199. The molecule has 3 rings (SSSR count). The van der Waals surface area contributed by atoms with Crippen LogP contribution >= 0.6 is 0 Å². The minimum absolute atomic E-state index is 0.249. The first-order chi connectivity index (χ1) is 45.8. The van der Waals surface area contributed by atoms with Gasteiger partial charge in [0.25, 0.3) is 0 Å². The second-order valence-electron chi connectivity index (χ2n) is 28.2. The molecule has 0 aromatic rings. The van der Waals surface area contributed by atoms with E-state index in [2.05, 4.69) is 19.2 Å². The molecule has 0 aliphatic carbocycles. The molecule has 3 aliphatic rings. The van der Waals surface area contributed by atoms with Gasteiger partial charge in [-0.05, 0) is 19.3 Å². The number of ether oxygens (including phenoxy) is 6. The van der Waals surface area contributed by atoms with Gasteiger partial charge in [-0.1, -0.05) is 315 Å². The minimum atomic E-state index is -1.98. The highest BCUT2D eigenvalue weighted by Crippen LogP contribution is 2.33. The van der Waals surface area contributed by atoms with E-state index in [0.29, 0.717) is 6.42 Å². The zero-order valence-corrected chi connectivity index (χ0v) is 59.2. The lowest BCUT2D eigenvalue weighted by Gasteiger charge is -2.48. The van der Waals surface area contributed by atoms with Gasteiger partial charge in [0.05, 0.1) is 38.6 Å². The van der Waals surface area contributed by atoms with E-state index in [1.807, 2.05) is 6.08 Å². The summed E-state index contributed by atoms with van der Waals surface area (Å²) in [4.78, 5) is 13.4. The number of hydrogen-bond donors (Lipinski definition) is 12. The monoisotopic (exact) mass is 1350 g/mol. The van der Waals surface area contributed by atoms with Crippen LogP contribution in [0.3, 0.4) is 0 Å². The second-order valence-corrected chi connectivity index (χ2v) is 28.2. The van der Waals surface area contributed by atoms with Crippen LogP contribution in [0.25, 0.3) is 0 Å². The first-order valence-corrected chi connectivity index (χ1v) is 38.9. The van der Waals surface area contributed by atoms with E-state index in [-0.39, 0.29) is 18.9 Å². The maximum absolute atomic E-state index is 13.4. The fraction of sp³-hybridized carbons (Fsp3) is 0.960. The largest absolute Gasteiger partial charge is 0.394 e.